The third kappa shape index (κ3) is 5.20. The van der Waals surface area contributed by atoms with Gasteiger partial charge in [-0.2, -0.15) is 0 Å². The van der Waals surface area contributed by atoms with Crippen LogP contribution < -0.4 is 14.8 Å². The molecule has 0 aromatic heterocycles. The second kappa shape index (κ2) is 8.07. The summed E-state index contributed by atoms with van der Waals surface area (Å²) in [6.45, 7) is 8.06. The van der Waals surface area contributed by atoms with Crippen LogP contribution in [0.2, 0.25) is 0 Å². The van der Waals surface area contributed by atoms with E-state index in [2.05, 4.69) is 26.1 Å². The van der Waals surface area contributed by atoms with Gasteiger partial charge in [0.1, 0.15) is 11.5 Å². The van der Waals surface area contributed by atoms with Crippen LogP contribution in [0.15, 0.2) is 36.4 Å². The number of hydrogen-bond donors (Lipinski definition) is 1. The Balaban J connectivity index is 2.11. The van der Waals surface area contributed by atoms with Crippen molar-refractivity contribution in [2.45, 2.75) is 33.1 Å². The number of rotatable bonds is 6. The second-order valence-electron chi connectivity index (χ2n) is 7.23. The Morgan fingerprint density at radius 2 is 1.85 bits per heavy atom. The SMILES string of the molecule is COc1cc([N+](=O)[O-])ccc1NC(=O)COc1ccc(C)cc1C(C)(C)C. The van der Waals surface area contributed by atoms with E-state index in [1.807, 2.05) is 25.1 Å². The van der Waals surface area contributed by atoms with E-state index in [-0.39, 0.29) is 29.4 Å². The molecule has 1 amide bonds. The number of benzene rings is 2. The second-order valence-corrected chi connectivity index (χ2v) is 7.23. The topological polar surface area (TPSA) is 90.7 Å². The number of aryl methyl sites for hydroxylation is 1. The lowest BCUT2D eigenvalue weighted by atomic mass is 9.85. The zero-order valence-corrected chi connectivity index (χ0v) is 16.2. The van der Waals surface area contributed by atoms with Crippen molar-refractivity contribution in [3.05, 3.63) is 57.6 Å². The fourth-order valence-corrected chi connectivity index (χ4v) is 2.58. The Kier molecular flexibility index (Phi) is 6.05. The number of nitro benzene ring substituents is 1. The monoisotopic (exact) mass is 372 g/mol. The van der Waals surface area contributed by atoms with Gasteiger partial charge in [-0.1, -0.05) is 38.5 Å². The molecular formula is C20H24N2O5. The van der Waals surface area contributed by atoms with Crippen molar-refractivity contribution in [2.24, 2.45) is 0 Å². The van der Waals surface area contributed by atoms with Crippen molar-refractivity contribution in [3.8, 4) is 11.5 Å². The van der Waals surface area contributed by atoms with Crippen molar-refractivity contribution in [2.75, 3.05) is 19.0 Å². The minimum Gasteiger partial charge on any atom is -0.494 e. The summed E-state index contributed by atoms with van der Waals surface area (Å²) in [6.07, 6.45) is 0. The van der Waals surface area contributed by atoms with Crippen LogP contribution in [0.4, 0.5) is 11.4 Å². The van der Waals surface area contributed by atoms with Crippen LogP contribution in [0, 0.1) is 17.0 Å². The molecule has 27 heavy (non-hydrogen) atoms. The van der Waals surface area contributed by atoms with Gasteiger partial charge in [0.2, 0.25) is 0 Å². The van der Waals surface area contributed by atoms with Crippen LogP contribution in [0.3, 0.4) is 0 Å². The summed E-state index contributed by atoms with van der Waals surface area (Å²) >= 11 is 0. The summed E-state index contributed by atoms with van der Waals surface area (Å²) in [5, 5.41) is 13.5. The number of nitrogens with one attached hydrogen (secondary N) is 1. The number of ether oxygens (including phenoxy) is 2. The molecule has 144 valence electrons. The highest BCUT2D eigenvalue weighted by Crippen LogP contribution is 2.32. The summed E-state index contributed by atoms with van der Waals surface area (Å²) < 4.78 is 10.8. The molecule has 0 fully saturated rings. The maximum absolute atomic E-state index is 12.3. The number of hydrogen-bond acceptors (Lipinski definition) is 5. The number of carbonyl (C=O) groups excluding carboxylic acids is 1. The van der Waals surface area contributed by atoms with Crippen LogP contribution in [-0.4, -0.2) is 24.5 Å². The first kappa shape index (κ1) is 20.2. The lowest BCUT2D eigenvalue weighted by molar-refractivity contribution is -0.384. The average molecular weight is 372 g/mol. The van der Waals surface area contributed by atoms with Gasteiger partial charge >= 0.3 is 0 Å². The molecule has 7 nitrogen and oxygen atoms in total. The van der Waals surface area contributed by atoms with Crippen molar-refractivity contribution in [3.63, 3.8) is 0 Å². The van der Waals surface area contributed by atoms with Crippen molar-refractivity contribution in [1.82, 2.24) is 0 Å². The fourth-order valence-electron chi connectivity index (χ4n) is 2.58. The number of methoxy groups -OCH3 is 1. The molecule has 0 atom stereocenters. The Labute approximate surface area is 158 Å². The van der Waals surface area contributed by atoms with E-state index >= 15 is 0 Å². The molecule has 7 heteroatoms. The first-order chi connectivity index (χ1) is 12.6. The molecule has 0 saturated carbocycles. The lowest BCUT2D eigenvalue weighted by Crippen LogP contribution is -2.22. The van der Waals surface area contributed by atoms with Gasteiger partial charge in [-0.25, -0.2) is 0 Å². The third-order valence-corrected chi connectivity index (χ3v) is 3.97. The van der Waals surface area contributed by atoms with Gasteiger partial charge in [0.25, 0.3) is 11.6 Å². The summed E-state index contributed by atoms with van der Waals surface area (Å²) in [4.78, 5) is 22.6. The smallest absolute Gasteiger partial charge is 0.273 e. The first-order valence-electron chi connectivity index (χ1n) is 8.48. The zero-order valence-electron chi connectivity index (χ0n) is 16.2. The Morgan fingerprint density at radius 3 is 2.44 bits per heavy atom. The Morgan fingerprint density at radius 1 is 1.15 bits per heavy atom. The molecule has 0 unspecified atom stereocenters. The Hall–Kier alpha value is -3.09. The molecule has 1 N–H and O–H groups in total. The Bertz CT molecular complexity index is 856. The lowest BCUT2D eigenvalue weighted by Gasteiger charge is -2.23. The molecule has 2 aromatic carbocycles. The molecular weight excluding hydrogens is 348 g/mol. The van der Waals surface area contributed by atoms with Gasteiger partial charge in [0, 0.05) is 6.07 Å². The minimum absolute atomic E-state index is 0.115. The van der Waals surface area contributed by atoms with E-state index in [0.29, 0.717) is 11.4 Å². The van der Waals surface area contributed by atoms with Crippen LogP contribution in [-0.2, 0) is 10.2 Å². The highest BCUT2D eigenvalue weighted by molar-refractivity contribution is 5.93. The zero-order chi connectivity index (χ0) is 20.2. The van der Waals surface area contributed by atoms with Crippen LogP contribution >= 0.6 is 0 Å². The molecule has 2 aromatic rings. The van der Waals surface area contributed by atoms with Crippen LogP contribution in [0.1, 0.15) is 31.9 Å². The van der Waals surface area contributed by atoms with E-state index in [0.717, 1.165) is 11.1 Å². The number of nitro groups is 1. The summed E-state index contributed by atoms with van der Waals surface area (Å²) in [7, 11) is 1.38. The normalized spacial score (nSPS) is 11.0. The quantitative estimate of drug-likeness (QED) is 0.605. The molecule has 0 heterocycles. The number of carbonyl (C=O) groups is 1. The number of nitrogens with zero attached hydrogens (tertiary/aromatic N) is 1. The number of non-ortho nitro benzene ring substituents is 1. The molecule has 2 rings (SSSR count). The predicted molar refractivity (Wildman–Crippen MR) is 104 cm³/mol. The van der Waals surface area contributed by atoms with E-state index < -0.39 is 4.92 Å². The first-order valence-corrected chi connectivity index (χ1v) is 8.48. The molecule has 0 bridgehead atoms. The van der Waals surface area contributed by atoms with Crippen molar-refractivity contribution >= 4 is 17.3 Å². The molecule has 0 aliphatic rings. The molecule has 0 aliphatic heterocycles. The van der Waals surface area contributed by atoms with E-state index in [1.165, 1.54) is 25.3 Å². The highest BCUT2D eigenvalue weighted by atomic mass is 16.6. The van der Waals surface area contributed by atoms with Gasteiger partial charge < -0.3 is 14.8 Å². The number of anilines is 1. The summed E-state index contributed by atoms with van der Waals surface area (Å²) in [5.74, 6) is 0.477. The highest BCUT2D eigenvalue weighted by Gasteiger charge is 2.20. The largest absolute Gasteiger partial charge is 0.494 e. The van der Waals surface area contributed by atoms with Gasteiger partial charge in [-0.15, -0.1) is 0 Å². The average Bonchev–Trinajstić information content (AvgIpc) is 2.60. The summed E-state index contributed by atoms with van der Waals surface area (Å²) in [5.41, 5.74) is 2.24. The third-order valence-electron chi connectivity index (χ3n) is 3.97. The fraction of sp³-hybridized carbons (Fsp3) is 0.350. The maximum Gasteiger partial charge on any atom is 0.273 e. The molecule has 0 radical (unpaired) electrons. The van der Waals surface area contributed by atoms with Gasteiger partial charge in [-0.05, 0) is 30.0 Å². The molecule has 0 aliphatic carbocycles. The summed E-state index contributed by atoms with van der Waals surface area (Å²) in [6, 6.07) is 9.83. The van der Waals surface area contributed by atoms with Crippen LogP contribution in [0.25, 0.3) is 0 Å². The van der Waals surface area contributed by atoms with E-state index in [9.17, 15) is 14.9 Å². The standard InChI is InChI=1S/C20H24N2O5/c1-13-6-9-17(15(10-13)20(2,3)4)27-12-19(23)21-16-8-7-14(22(24)25)11-18(16)26-5/h6-11H,12H2,1-5H3,(H,21,23). The molecule has 0 spiro atoms. The van der Waals surface area contributed by atoms with Gasteiger partial charge in [0.15, 0.2) is 6.61 Å². The van der Waals surface area contributed by atoms with Gasteiger partial charge in [0.05, 0.1) is 23.8 Å². The van der Waals surface area contributed by atoms with Crippen molar-refractivity contribution < 1.29 is 19.2 Å². The van der Waals surface area contributed by atoms with Gasteiger partial charge in [-0.3, -0.25) is 14.9 Å². The van der Waals surface area contributed by atoms with E-state index in [4.69, 9.17) is 9.47 Å². The minimum atomic E-state index is -0.525. The number of amides is 1. The predicted octanol–water partition coefficient (Wildman–Crippen LogP) is 4.23. The van der Waals surface area contributed by atoms with E-state index in [1.54, 1.807) is 0 Å². The maximum atomic E-state index is 12.3. The molecule has 0 saturated heterocycles. The van der Waals surface area contributed by atoms with Crippen LogP contribution in [0.5, 0.6) is 11.5 Å². The van der Waals surface area contributed by atoms with Crippen molar-refractivity contribution in [1.29, 1.82) is 0 Å².